The normalized spacial score (nSPS) is 14.3. The van der Waals surface area contributed by atoms with Crippen molar-refractivity contribution in [2.45, 2.75) is 39.8 Å². The second kappa shape index (κ2) is 15.2. The maximum atomic E-state index is 14.5. The van der Waals surface area contributed by atoms with E-state index in [-0.39, 0.29) is 17.7 Å². The predicted octanol–water partition coefficient (Wildman–Crippen LogP) is 7.32. The van der Waals surface area contributed by atoms with E-state index in [1.54, 1.807) is 31.6 Å². The lowest BCUT2D eigenvalue weighted by atomic mass is 9.90. The number of thiazole rings is 1. The second-order valence-corrected chi connectivity index (χ2v) is 13.0. The van der Waals surface area contributed by atoms with Gasteiger partial charge in [0.05, 0.1) is 36.1 Å². The molecule has 0 saturated carbocycles. The number of ether oxygens (including phenoxy) is 4. The first-order valence-electron chi connectivity index (χ1n) is 16.3. The zero-order valence-electron chi connectivity index (χ0n) is 28.3. The summed E-state index contributed by atoms with van der Waals surface area (Å²) in [6.07, 6.45) is 4.14. The van der Waals surface area contributed by atoms with Crippen LogP contribution in [0.4, 0.5) is 0 Å². The van der Waals surface area contributed by atoms with Crippen molar-refractivity contribution in [1.29, 1.82) is 0 Å². The van der Waals surface area contributed by atoms with E-state index in [2.05, 4.69) is 6.58 Å². The summed E-state index contributed by atoms with van der Waals surface area (Å²) >= 11 is 7.33. The topological polar surface area (TPSA) is 88.4 Å². The molecule has 0 fully saturated rings. The van der Waals surface area contributed by atoms with E-state index < -0.39 is 12.0 Å². The van der Waals surface area contributed by atoms with Gasteiger partial charge >= 0.3 is 5.97 Å². The Morgan fingerprint density at radius 3 is 2.52 bits per heavy atom. The van der Waals surface area contributed by atoms with Gasteiger partial charge in [-0.05, 0) is 85.5 Å². The molecule has 8 nitrogen and oxygen atoms in total. The zero-order chi connectivity index (χ0) is 35.4. The fourth-order valence-corrected chi connectivity index (χ4v) is 7.36. The molecule has 1 aliphatic heterocycles. The van der Waals surface area contributed by atoms with Gasteiger partial charge in [-0.15, -0.1) is 6.58 Å². The smallest absolute Gasteiger partial charge is 0.338 e. The largest absolute Gasteiger partial charge is 0.496 e. The van der Waals surface area contributed by atoms with E-state index in [4.69, 9.17) is 35.5 Å². The van der Waals surface area contributed by atoms with Crippen LogP contribution in [0.3, 0.4) is 0 Å². The third-order valence-electron chi connectivity index (χ3n) is 8.35. The Labute approximate surface area is 299 Å². The summed E-state index contributed by atoms with van der Waals surface area (Å²) in [6, 6.07) is 22.1. The third-order valence-corrected chi connectivity index (χ3v) is 9.59. The highest BCUT2D eigenvalue weighted by atomic mass is 35.5. The molecule has 50 heavy (non-hydrogen) atoms. The molecule has 1 atom stereocenters. The fraction of sp³-hybridized carbons (Fsp3) is 0.225. The van der Waals surface area contributed by atoms with Crippen molar-refractivity contribution in [2.75, 3.05) is 20.3 Å². The Kier molecular flexibility index (Phi) is 10.6. The van der Waals surface area contributed by atoms with Crippen LogP contribution >= 0.6 is 22.9 Å². The summed E-state index contributed by atoms with van der Waals surface area (Å²) in [5, 5.41) is 2.45. The number of fused-ring (bicyclic) bond motifs is 2. The lowest BCUT2D eigenvalue weighted by Crippen LogP contribution is -2.40. The van der Waals surface area contributed by atoms with Crippen LogP contribution in [0.1, 0.15) is 49.1 Å². The Morgan fingerprint density at radius 1 is 1.02 bits per heavy atom. The van der Waals surface area contributed by atoms with Crippen molar-refractivity contribution in [3.05, 3.63) is 144 Å². The number of carbonyl (C=O) groups excluding carboxylic acids is 1. The van der Waals surface area contributed by atoms with E-state index in [1.807, 2.05) is 85.8 Å². The first-order chi connectivity index (χ1) is 24.3. The molecule has 256 valence electrons. The van der Waals surface area contributed by atoms with E-state index in [9.17, 15) is 9.59 Å². The standard InChI is InChI=1S/C40H37ClN2O6S/c1-6-11-28-20-26(21-32(47-7-2)37(28)49-23-25-14-17-29(41)18-15-25)22-33-38(44)43-36(34(39(45)48-8-3)24(4)42-40(43)50-33)35-30-13-10-9-12-27(30)16-19-31(35)46-5/h6,9-10,12-22,36H,1,7-8,11,23H2,2-5H3/b33-22+/t36-/m0/s1. The van der Waals surface area contributed by atoms with Crippen molar-refractivity contribution in [3.8, 4) is 17.2 Å². The average Bonchev–Trinajstić information content (AvgIpc) is 3.41. The molecule has 6 rings (SSSR count). The number of benzene rings is 4. The molecule has 0 saturated heterocycles. The molecule has 0 bridgehead atoms. The van der Waals surface area contributed by atoms with Crippen LogP contribution in [0.25, 0.3) is 16.8 Å². The number of hydrogen-bond acceptors (Lipinski definition) is 8. The molecule has 5 aromatic rings. The molecule has 1 aliphatic rings. The zero-order valence-corrected chi connectivity index (χ0v) is 29.9. The minimum absolute atomic E-state index is 0.175. The first kappa shape index (κ1) is 34.7. The van der Waals surface area contributed by atoms with Crippen LogP contribution in [0.5, 0.6) is 17.2 Å². The molecule has 1 aromatic heterocycles. The van der Waals surface area contributed by atoms with E-state index in [0.717, 1.165) is 27.5 Å². The Bertz CT molecular complexity index is 2310. The minimum Gasteiger partial charge on any atom is -0.496 e. The van der Waals surface area contributed by atoms with Crippen molar-refractivity contribution in [2.24, 2.45) is 4.99 Å². The molecule has 0 aliphatic carbocycles. The van der Waals surface area contributed by atoms with Gasteiger partial charge in [-0.3, -0.25) is 9.36 Å². The maximum absolute atomic E-state index is 14.5. The second-order valence-electron chi connectivity index (χ2n) is 11.6. The lowest BCUT2D eigenvalue weighted by Gasteiger charge is -2.27. The predicted molar refractivity (Wildman–Crippen MR) is 198 cm³/mol. The molecule has 0 spiro atoms. The Balaban J connectivity index is 1.52. The Hall–Kier alpha value is -5.12. The number of methoxy groups -OCH3 is 1. The van der Waals surface area contributed by atoms with Gasteiger partial charge in [-0.1, -0.05) is 71.5 Å². The number of esters is 1. The summed E-state index contributed by atoms with van der Waals surface area (Å²) in [5.41, 5.74) is 3.72. The number of nitrogens with zero attached hydrogens (tertiary/aromatic N) is 2. The number of hydrogen-bond donors (Lipinski definition) is 0. The van der Waals surface area contributed by atoms with E-state index in [1.165, 1.54) is 11.3 Å². The molecule has 10 heteroatoms. The summed E-state index contributed by atoms with van der Waals surface area (Å²) in [4.78, 5) is 33.4. The van der Waals surface area contributed by atoms with Gasteiger partial charge in [-0.2, -0.15) is 0 Å². The molecule has 0 amide bonds. The van der Waals surface area contributed by atoms with Gasteiger partial charge in [0.15, 0.2) is 16.3 Å². The summed E-state index contributed by atoms with van der Waals surface area (Å²) < 4.78 is 25.8. The van der Waals surface area contributed by atoms with Gasteiger partial charge < -0.3 is 18.9 Å². The summed E-state index contributed by atoms with van der Waals surface area (Å²) in [7, 11) is 1.58. The number of halogens is 1. The van der Waals surface area contributed by atoms with Gasteiger partial charge in [0.1, 0.15) is 18.4 Å². The van der Waals surface area contributed by atoms with Crippen LogP contribution in [-0.4, -0.2) is 30.9 Å². The molecular weight excluding hydrogens is 672 g/mol. The van der Waals surface area contributed by atoms with Crippen molar-refractivity contribution >= 4 is 45.8 Å². The number of carbonyl (C=O) groups is 1. The van der Waals surface area contributed by atoms with Gasteiger partial charge in [0.25, 0.3) is 5.56 Å². The van der Waals surface area contributed by atoms with Crippen molar-refractivity contribution < 1.29 is 23.7 Å². The third kappa shape index (κ3) is 6.84. The first-order valence-corrected chi connectivity index (χ1v) is 17.5. The molecule has 4 aromatic carbocycles. The molecule has 2 heterocycles. The monoisotopic (exact) mass is 708 g/mol. The highest BCUT2D eigenvalue weighted by molar-refractivity contribution is 7.07. The quantitative estimate of drug-likeness (QED) is 0.0998. The average molecular weight is 709 g/mol. The van der Waals surface area contributed by atoms with Crippen LogP contribution in [0.2, 0.25) is 5.02 Å². The highest BCUT2D eigenvalue weighted by Gasteiger charge is 2.36. The van der Waals surface area contributed by atoms with Crippen LogP contribution in [0.15, 0.2) is 107 Å². The van der Waals surface area contributed by atoms with E-state index in [0.29, 0.717) is 62.5 Å². The van der Waals surface area contributed by atoms with Crippen LogP contribution in [-0.2, 0) is 22.6 Å². The van der Waals surface area contributed by atoms with Crippen LogP contribution < -0.4 is 29.1 Å². The Morgan fingerprint density at radius 2 is 1.80 bits per heavy atom. The molecule has 0 radical (unpaired) electrons. The minimum atomic E-state index is -0.840. The molecule has 0 N–H and O–H groups in total. The molecule has 0 unspecified atom stereocenters. The SMILES string of the molecule is C=CCc1cc(/C=c2/sc3n(c2=O)[C@H](c2c(OC)ccc4ccccc24)C(C(=O)OCC)=C(C)N=3)cc(OCC)c1OCc1ccc(Cl)cc1. The number of rotatable bonds is 12. The highest BCUT2D eigenvalue weighted by Crippen LogP contribution is 2.40. The van der Waals surface area contributed by atoms with Gasteiger partial charge in [0, 0.05) is 16.1 Å². The van der Waals surface area contributed by atoms with Crippen molar-refractivity contribution in [3.63, 3.8) is 0 Å². The summed E-state index contributed by atoms with van der Waals surface area (Å²) in [5.74, 6) is 1.17. The van der Waals surface area contributed by atoms with Gasteiger partial charge in [0.2, 0.25) is 0 Å². The number of allylic oxidation sites excluding steroid dienone is 2. The van der Waals surface area contributed by atoms with E-state index >= 15 is 0 Å². The van der Waals surface area contributed by atoms with Gasteiger partial charge in [-0.25, -0.2) is 9.79 Å². The van der Waals surface area contributed by atoms with Crippen molar-refractivity contribution in [1.82, 2.24) is 4.57 Å². The fourth-order valence-electron chi connectivity index (χ4n) is 6.19. The lowest BCUT2D eigenvalue weighted by molar-refractivity contribution is -0.139. The van der Waals surface area contributed by atoms with Crippen LogP contribution in [0, 0.1) is 0 Å². The summed E-state index contributed by atoms with van der Waals surface area (Å²) in [6.45, 7) is 10.3. The number of aromatic nitrogens is 1. The maximum Gasteiger partial charge on any atom is 0.338 e. The molecular formula is C40H37ClN2O6S.